The zero-order valence-corrected chi connectivity index (χ0v) is 14.8. The molecule has 0 saturated carbocycles. The Morgan fingerprint density at radius 2 is 1.96 bits per heavy atom. The number of nitrogens with zero attached hydrogens (tertiary/aromatic N) is 1. The van der Waals surface area contributed by atoms with Crippen molar-refractivity contribution in [2.45, 2.75) is 25.4 Å². The van der Waals surface area contributed by atoms with Crippen LogP contribution < -0.4 is 5.32 Å². The van der Waals surface area contributed by atoms with Gasteiger partial charge in [-0.05, 0) is 43.0 Å². The number of carbonyl (C=O) groups excluding carboxylic acids is 2. The van der Waals surface area contributed by atoms with Crippen LogP contribution >= 0.6 is 11.3 Å². The Labute approximate surface area is 152 Å². The molecule has 138 valence electrons. The Morgan fingerprint density at radius 3 is 2.65 bits per heavy atom. The number of carbonyl (C=O) groups is 2. The Morgan fingerprint density at radius 1 is 1.23 bits per heavy atom. The van der Waals surface area contributed by atoms with Crippen molar-refractivity contribution in [2.75, 3.05) is 18.9 Å². The highest BCUT2D eigenvalue weighted by Crippen LogP contribution is 2.34. The van der Waals surface area contributed by atoms with Crippen LogP contribution in [0, 0.1) is 0 Å². The average molecular weight is 382 g/mol. The molecular formula is C18H17F3N2O2S. The molecule has 8 heteroatoms. The normalized spacial score (nSPS) is 13.4. The van der Waals surface area contributed by atoms with Crippen molar-refractivity contribution >= 4 is 28.8 Å². The number of alkyl halides is 3. The summed E-state index contributed by atoms with van der Waals surface area (Å²) in [6, 6.07) is 6.60. The number of nitrogens with one attached hydrogen (secondary N) is 1. The highest BCUT2D eigenvalue weighted by Gasteiger charge is 2.33. The van der Waals surface area contributed by atoms with E-state index >= 15 is 0 Å². The molecule has 0 fully saturated rings. The minimum atomic E-state index is -4.57. The van der Waals surface area contributed by atoms with Gasteiger partial charge in [0.15, 0.2) is 0 Å². The van der Waals surface area contributed by atoms with Crippen LogP contribution in [-0.4, -0.2) is 30.3 Å². The Bertz CT molecular complexity index is 824. The molecule has 0 bridgehead atoms. The Kier molecular flexibility index (Phi) is 5.04. The molecule has 0 atom stereocenters. The van der Waals surface area contributed by atoms with E-state index in [1.807, 2.05) is 6.07 Å². The van der Waals surface area contributed by atoms with Gasteiger partial charge in [0, 0.05) is 11.9 Å². The molecule has 1 aliphatic carbocycles. The van der Waals surface area contributed by atoms with Crippen molar-refractivity contribution in [3.63, 3.8) is 0 Å². The molecule has 1 aromatic heterocycles. The molecule has 0 aliphatic heterocycles. The fraction of sp³-hybridized carbons (Fsp3) is 0.333. The standard InChI is InChI=1S/C18H17F3N2O2S/c1-23(17(25)15-9-11-5-4-8-14(11)26-15)10-16(24)22-13-7-3-2-6-12(13)18(19,20)21/h2-3,6-7,9H,4-5,8,10H2,1H3,(H,22,24). The minimum absolute atomic E-state index is 0.302. The third-order valence-electron chi connectivity index (χ3n) is 4.19. The van der Waals surface area contributed by atoms with Gasteiger partial charge < -0.3 is 10.2 Å². The third-order valence-corrected chi connectivity index (χ3v) is 5.42. The lowest BCUT2D eigenvalue weighted by Gasteiger charge is -2.18. The minimum Gasteiger partial charge on any atom is -0.332 e. The molecule has 1 heterocycles. The number of fused-ring (bicyclic) bond motifs is 1. The molecule has 4 nitrogen and oxygen atoms in total. The first-order chi connectivity index (χ1) is 12.3. The van der Waals surface area contributed by atoms with Crippen LogP contribution in [0.4, 0.5) is 18.9 Å². The fourth-order valence-corrected chi connectivity index (χ4v) is 4.19. The largest absolute Gasteiger partial charge is 0.418 e. The van der Waals surface area contributed by atoms with Gasteiger partial charge in [0.1, 0.15) is 0 Å². The quantitative estimate of drug-likeness (QED) is 0.870. The van der Waals surface area contributed by atoms with Gasteiger partial charge in [-0.25, -0.2) is 0 Å². The van der Waals surface area contributed by atoms with E-state index in [0.29, 0.717) is 4.88 Å². The molecule has 1 aliphatic rings. The van der Waals surface area contributed by atoms with Crippen LogP contribution in [0.25, 0.3) is 0 Å². The molecule has 1 aromatic carbocycles. The van der Waals surface area contributed by atoms with E-state index in [0.717, 1.165) is 25.3 Å². The van der Waals surface area contributed by atoms with Gasteiger partial charge in [-0.15, -0.1) is 11.3 Å². The number of likely N-dealkylation sites (N-methyl/N-ethyl adjacent to an activating group) is 1. The van der Waals surface area contributed by atoms with Crippen molar-refractivity contribution in [2.24, 2.45) is 0 Å². The number of hydrogen-bond acceptors (Lipinski definition) is 3. The first-order valence-electron chi connectivity index (χ1n) is 8.09. The van der Waals surface area contributed by atoms with Crippen LogP contribution in [0.5, 0.6) is 0 Å². The fourth-order valence-electron chi connectivity index (χ4n) is 2.94. The van der Waals surface area contributed by atoms with Gasteiger partial charge in [0.25, 0.3) is 5.91 Å². The summed E-state index contributed by atoms with van der Waals surface area (Å²) in [5.74, 6) is -0.981. The van der Waals surface area contributed by atoms with Gasteiger partial charge in [0.2, 0.25) is 5.91 Å². The predicted molar refractivity (Wildman–Crippen MR) is 93.4 cm³/mol. The summed E-state index contributed by atoms with van der Waals surface area (Å²) in [7, 11) is 1.46. The number of para-hydroxylation sites is 1. The molecule has 3 rings (SSSR count). The van der Waals surface area contributed by atoms with Crippen molar-refractivity contribution in [1.82, 2.24) is 4.90 Å². The predicted octanol–water partition coefficient (Wildman–Crippen LogP) is 3.97. The van der Waals surface area contributed by atoms with Crippen molar-refractivity contribution < 1.29 is 22.8 Å². The smallest absolute Gasteiger partial charge is 0.332 e. The number of anilines is 1. The summed E-state index contributed by atoms with van der Waals surface area (Å²) in [5, 5.41) is 2.24. The highest BCUT2D eigenvalue weighted by atomic mass is 32.1. The summed E-state index contributed by atoms with van der Waals surface area (Å²) in [6.07, 6.45) is -1.56. The SMILES string of the molecule is CN(CC(=O)Nc1ccccc1C(F)(F)F)C(=O)c1cc2c(s1)CCC2. The number of aryl methyl sites for hydroxylation is 2. The zero-order valence-electron chi connectivity index (χ0n) is 14.0. The zero-order chi connectivity index (χ0) is 18.9. The lowest BCUT2D eigenvalue weighted by Crippen LogP contribution is -2.34. The first-order valence-corrected chi connectivity index (χ1v) is 8.90. The summed E-state index contributed by atoms with van der Waals surface area (Å²) in [6.45, 7) is -0.326. The van der Waals surface area contributed by atoms with Crippen LogP contribution in [-0.2, 0) is 23.8 Å². The number of thiophene rings is 1. The van der Waals surface area contributed by atoms with Crippen LogP contribution in [0.2, 0.25) is 0 Å². The molecule has 0 spiro atoms. The average Bonchev–Trinajstić information content (AvgIpc) is 3.15. The number of hydrogen-bond donors (Lipinski definition) is 1. The maximum Gasteiger partial charge on any atom is 0.418 e. The molecular weight excluding hydrogens is 365 g/mol. The number of amides is 2. The molecule has 0 saturated heterocycles. The summed E-state index contributed by atoms with van der Waals surface area (Å²) in [4.78, 5) is 27.5. The van der Waals surface area contributed by atoms with E-state index in [1.54, 1.807) is 0 Å². The second kappa shape index (κ2) is 7.11. The Balaban J connectivity index is 1.65. The maximum atomic E-state index is 13.0. The van der Waals surface area contributed by atoms with E-state index in [1.165, 1.54) is 51.9 Å². The van der Waals surface area contributed by atoms with Gasteiger partial charge in [0.05, 0.1) is 22.7 Å². The summed E-state index contributed by atoms with van der Waals surface area (Å²) in [5.41, 5.74) is -0.0618. The van der Waals surface area contributed by atoms with Crippen LogP contribution in [0.15, 0.2) is 30.3 Å². The molecule has 0 radical (unpaired) electrons. The molecule has 0 unspecified atom stereocenters. The molecule has 2 amide bonds. The van der Waals surface area contributed by atoms with Crippen molar-refractivity contribution in [3.8, 4) is 0 Å². The second-order valence-corrected chi connectivity index (χ2v) is 7.30. The molecule has 1 N–H and O–H groups in total. The summed E-state index contributed by atoms with van der Waals surface area (Å²) < 4.78 is 38.9. The second-order valence-electron chi connectivity index (χ2n) is 6.17. The highest BCUT2D eigenvalue weighted by molar-refractivity contribution is 7.14. The van der Waals surface area contributed by atoms with Gasteiger partial charge in [-0.3, -0.25) is 9.59 Å². The van der Waals surface area contributed by atoms with Gasteiger partial charge in [-0.2, -0.15) is 13.2 Å². The first kappa shape index (κ1) is 18.4. The third kappa shape index (κ3) is 3.90. The summed E-state index contributed by atoms with van der Waals surface area (Å²) >= 11 is 1.42. The van der Waals surface area contributed by atoms with Gasteiger partial charge >= 0.3 is 6.18 Å². The maximum absolute atomic E-state index is 13.0. The van der Waals surface area contributed by atoms with Crippen molar-refractivity contribution in [1.29, 1.82) is 0 Å². The Hall–Kier alpha value is -2.35. The van der Waals surface area contributed by atoms with Crippen LogP contribution in [0.3, 0.4) is 0 Å². The van der Waals surface area contributed by atoms with E-state index in [2.05, 4.69) is 5.32 Å². The van der Waals surface area contributed by atoms with E-state index < -0.39 is 17.6 Å². The number of rotatable bonds is 4. The number of halogens is 3. The van der Waals surface area contributed by atoms with E-state index in [4.69, 9.17) is 0 Å². The lowest BCUT2D eigenvalue weighted by molar-refractivity contribution is -0.137. The van der Waals surface area contributed by atoms with Crippen molar-refractivity contribution in [3.05, 3.63) is 51.2 Å². The van der Waals surface area contributed by atoms with E-state index in [9.17, 15) is 22.8 Å². The topological polar surface area (TPSA) is 49.4 Å². The van der Waals surface area contributed by atoms with Gasteiger partial charge in [-0.1, -0.05) is 12.1 Å². The van der Waals surface area contributed by atoms with E-state index in [-0.39, 0.29) is 18.1 Å². The monoisotopic (exact) mass is 382 g/mol. The molecule has 2 aromatic rings. The molecule has 26 heavy (non-hydrogen) atoms. The lowest BCUT2D eigenvalue weighted by atomic mass is 10.1. The number of benzene rings is 1. The van der Waals surface area contributed by atoms with Crippen LogP contribution in [0.1, 0.15) is 32.1 Å².